The van der Waals surface area contributed by atoms with E-state index in [2.05, 4.69) is 19.2 Å². The molecule has 2 aromatic rings. The third kappa shape index (κ3) is 3.92. The molecule has 25 heavy (non-hydrogen) atoms. The molecule has 0 spiro atoms. The second-order valence-corrected chi connectivity index (χ2v) is 6.81. The number of likely N-dealkylation sites (tertiary alicyclic amines) is 1. The maximum Gasteiger partial charge on any atom is 0.257 e. The lowest BCUT2D eigenvalue weighted by Gasteiger charge is -2.31. The monoisotopic (exact) mass is 340 g/mol. The number of nitrogens with one attached hydrogen (secondary N) is 1. The topological polar surface area (TPSA) is 62.6 Å². The maximum absolute atomic E-state index is 12.6. The van der Waals surface area contributed by atoms with Gasteiger partial charge in [0.05, 0.1) is 11.8 Å². The van der Waals surface area contributed by atoms with Crippen LogP contribution in [0.2, 0.25) is 0 Å². The van der Waals surface area contributed by atoms with Gasteiger partial charge in [-0.3, -0.25) is 9.59 Å². The first-order valence-corrected chi connectivity index (χ1v) is 8.77. The standard InChI is InChI=1S/C20H24N2O3/c1-14(2)17-5-3-4-6-18(17)21-19(23)15-7-10-22(11-8-15)20(24)16-9-12-25-13-16/h3-6,9,12-15H,7-8,10-11H2,1-2H3,(H,21,23). The number of furan rings is 1. The zero-order valence-electron chi connectivity index (χ0n) is 14.7. The molecule has 2 amide bonds. The van der Waals surface area contributed by atoms with Gasteiger partial charge in [0.25, 0.3) is 5.91 Å². The van der Waals surface area contributed by atoms with Crippen molar-refractivity contribution in [2.75, 3.05) is 18.4 Å². The number of benzene rings is 1. The van der Waals surface area contributed by atoms with Crippen molar-refractivity contribution in [1.29, 1.82) is 0 Å². The van der Waals surface area contributed by atoms with Gasteiger partial charge >= 0.3 is 0 Å². The van der Waals surface area contributed by atoms with E-state index in [1.807, 2.05) is 24.3 Å². The van der Waals surface area contributed by atoms with E-state index in [1.165, 1.54) is 12.5 Å². The molecule has 132 valence electrons. The Morgan fingerprint density at radius 2 is 1.88 bits per heavy atom. The van der Waals surface area contributed by atoms with Crippen LogP contribution in [0.1, 0.15) is 48.5 Å². The smallest absolute Gasteiger partial charge is 0.257 e. The summed E-state index contributed by atoms with van der Waals surface area (Å²) in [5.74, 6) is 0.306. The van der Waals surface area contributed by atoms with Crippen molar-refractivity contribution in [2.24, 2.45) is 5.92 Å². The quantitative estimate of drug-likeness (QED) is 0.918. The van der Waals surface area contributed by atoms with Crippen molar-refractivity contribution in [3.63, 3.8) is 0 Å². The average molecular weight is 340 g/mol. The van der Waals surface area contributed by atoms with Crippen LogP contribution in [0.15, 0.2) is 47.3 Å². The minimum atomic E-state index is -0.0615. The summed E-state index contributed by atoms with van der Waals surface area (Å²) in [7, 11) is 0. The fourth-order valence-corrected chi connectivity index (χ4v) is 3.26. The van der Waals surface area contributed by atoms with Crippen molar-refractivity contribution in [3.05, 3.63) is 54.0 Å². The molecule has 0 radical (unpaired) electrons. The normalized spacial score (nSPS) is 15.4. The molecule has 0 atom stereocenters. The second-order valence-electron chi connectivity index (χ2n) is 6.81. The van der Waals surface area contributed by atoms with Crippen LogP contribution < -0.4 is 5.32 Å². The zero-order chi connectivity index (χ0) is 17.8. The van der Waals surface area contributed by atoms with Crippen molar-refractivity contribution >= 4 is 17.5 Å². The van der Waals surface area contributed by atoms with Crippen molar-refractivity contribution in [3.8, 4) is 0 Å². The molecule has 1 N–H and O–H groups in total. The highest BCUT2D eigenvalue weighted by atomic mass is 16.3. The summed E-state index contributed by atoms with van der Waals surface area (Å²) in [5, 5.41) is 3.08. The van der Waals surface area contributed by atoms with Crippen LogP contribution >= 0.6 is 0 Å². The number of rotatable bonds is 4. The number of para-hydroxylation sites is 1. The Bertz CT molecular complexity index is 729. The largest absolute Gasteiger partial charge is 0.472 e. The molecule has 1 aromatic heterocycles. The van der Waals surface area contributed by atoms with E-state index in [4.69, 9.17) is 4.42 Å². The van der Waals surface area contributed by atoms with Gasteiger partial charge in [0, 0.05) is 24.7 Å². The lowest BCUT2D eigenvalue weighted by molar-refractivity contribution is -0.121. The van der Waals surface area contributed by atoms with E-state index >= 15 is 0 Å². The maximum atomic E-state index is 12.6. The molecule has 0 saturated carbocycles. The van der Waals surface area contributed by atoms with E-state index in [0.29, 0.717) is 37.4 Å². The third-order valence-electron chi connectivity index (χ3n) is 4.76. The Morgan fingerprint density at radius 3 is 2.52 bits per heavy atom. The lowest BCUT2D eigenvalue weighted by atomic mass is 9.94. The molecule has 5 heteroatoms. The van der Waals surface area contributed by atoms with Gasteiger partial charge in [0.1, 0.15) is 6.26 Å². The fraction of sp³-hybridized carbons (Fsp3) is 0.400. The minimum absolute atomic E-state index is 0.0299. The highest BCUT2D eigenvalue weighted by molar-refractivity contribution is 5.95. The Kier molecular flexibility index (Phi) is 5.22. The number of amides is 2. The number of carbonyl (C=O) groups excluding carboxylic acids is 2. The molecule has 1 aliphatic heterocycles. The molecular formula is C20H24N2O3. The lowest BCUT2D eigenvalue weighted by Crippen LogP contribution is -2.41. The number of hydrogen-bond donors (Lipinski definition) is 1. The second kappa shape index (κ2) is 7.55. The summed E-state index contributed by atoms with van der Waals surface area (Å²) in [6.45, 7) is 5.41. The molecule has 1 aromatic carbocycles. The van der Waals surface area contributed by atoms with Gasteiger partial charge in [-0.1, -0.05) is 32.0 Å². The van der Waals surface area contributed by atoms with Gasteiger partial charge in [-0.05, 0) is 36.5 Å². The Labute approximate surface area is 148 Å². The van der Waals surface area contributed by atoms with Crippen LogP contribution in [0.3, 0.4) is 0 Å². The van der Waals surface area contributed by atoms with Crippen LogP contribution in [0, 0.1) is 5.92 Å². The molecule has 2 heterocycles. The molecule has 0 unspecified atom stereocenters. The molecule has 1 aliphatic rings. The average Bonchev–Trinajstić information content (AvgIpc) is 3.16. The number of anilines is 1. The van der Waals surface area contributed by atoms with Crippen LogP contribution in [0.4, 0.5) is 5.69 Å². The van der Waals surface area contributed by atoms with Gasteiger partial charge in [-0.25, -0.2) is 0 Å². The number of piperidine rings is 1. The summed E-state index contributed by atoms with van der Waals surface area (Å²) >= 11 is 0. The SMILES string of the molecule is CC(C)c1ccccc1NC(=O)C1CCN(C(=O)c2ccoc2)CC1. The van der Waals surface area contributed by atoms with Gasteiger partial charge in [-0.15, -0.1) is 0 Å². The van der Waals surface area contributed by atoms with Crippen molar-refractivity contribution < 1.29 is 14.0 Å². The molecule has 1 fully saturated rings. The van der Waals surface area contributed by atoms with Crippen molar-refractivity contribution in [1.82, 2.24) is 4.90 Å². The first kappa shape index (κ1) is 17.3. The van der Waals surface area contributed by atoms with E-state index in [1.54, 1.807) is 11.0 Å². The van der Waals surface area contributed by atoms with Crippen molar-refractivity contribution in [2.45, 2.75) is 32.6 Å². The zero-order valence-corrected chi connectivity index (χ0v) is 14.7. The summed E-state index contributed by atoms with van der Waals surface area (Å²) in [5.41, 5.74) is 2.59. The van der Waals surface area contributed by atoms with Crippen LogP contribution in [-0.4, -0.2) is 29.8 Å². The number of nitrogens with zero attached hydrogens (tertiary/aromatic N) is 1. The minimum Gasteiger partial charge on any atom is -0.472 e. The van der Waals surface area contributed by atoms with Crippen LogP contribution in [-0.2, 0) is 4.79 Å². The highest BCUT2D eigenvalue weighted by Gasteiger charge is 2.28. The molecule has 0 aliphatic carbocycles. The van der Waals surface area contributed by atoms with Gasteiger partial charge < -0.3 is 14.6 Å². The van der Waals surface area contributed by atoms with E-state index in [0.717, 1.165) is 11.3 Å². The Balaban J connectivity index is 1.58. The van der Waals surface area contributed by atoms with E-state index in [-0.39, 0.29) is 17.7 Å². The third-order valence-corrected chi connectivity index (χ3v) is 4.76. The first-order valence-electron chi connectivity index (χ1n) is 8.77. The molecule has 0 bridgehead atoms. The molecule has 3 rings (SSSR count). The Hall–Kier alpha value is -2.56. The van der Waals surface area contributed by atoms with Crippen LogP contribution in [0.5, 0.6) is 0 Å². The highest BCUT2D eigenvalue weighted by Crippen LogP contribution is 2.26. The predicted molar refractivity (Wildman–Crippen MR) is 96.5 cm³/mol. The first-order chi connectivity index (χ1) is 12.1. The summed E-state index contributed by atoms with van der Waals surface area (Å²) in [4.78, 5) is 26.7. The summed E-state index contributed by atoms with van der Waals surface area (Å²) in [6, 6.07) is 9.60. The molecular weight excluding hydrogens is 316 g/mol. The summed E-state index contributed by atoms with van der Waals surface area (Å²) < 4.78 is 4.97. The van der Waals surface area contributed by atoms with Gasteiger partial charge in [0.2, 0.25) is 5.91 Å². The summed E-state index contributed by atoms with van der Waals surface area (Å²) in [6.07, 6.45) is 4.32. The van der Waals surface area contributed by atoms with Gasteiger partial charge in [-0.2, -0.15) is 0 Å². The van der Waals surface area contributed by atoms with E-state index in [9.17, 15) is 9.59 Å². The molecule has 1 saturated heterocycles. The van der Waals surface area contributed by atoms with Crippen LogP contribution in [0.25, 0.3) is 0 Å². The number of carbonyl (C=O) groups is 2. The Morgan fingerprint density at radius 1 is 1.16 bits per heavy atom. The molecule has 5 nitrogen and oxygen atoms in total. The van der Waals surface area contributed by atoms with Gasteiger partial charge in [0.15, 0.2) is 0 Å². The number of hydrogen-bond acceptors (Lipinski definition) is 3. The predicted octanol–water partition coefficient (Wildman–Crippen LogP) is 3.89. The van der Waals surface area contributed by atoms with E-state index < -0.39 is 0 Å². The fourth-order valence-electron chi connectivity index (χ4n) is 3.26.